The molecule has 9 nitrogen and oxygen atoms in total. The fourth-order valence-corrected chi connectivity index (χ4v) is 3.72. The lowest BCUT2D eigenvalue weighted by atomic mass is 10.2. The van der Waals surface area contributed by atoms with Gasteiger partial charge in [-0.1, -0.05) is 11.3 Å². The zero-order chi connectivity index (χ0) is 19.8. The lowest BCUT2D eigenvalue weighted by Gasteiger charge is -2.19. The topological polar surface area (TPSA) is 116 Å². The highest BCUT2D eigenvalue weighted by Gasteiger charge is 2.26. The highest BCUT2D eigenvalue weighted by molar-refractivity contribution is 7.11. The van der Waals surface area contributed by atoms with E-state index in [4.69, 9.17) is 10.5 Å². The van der Waals surface area contributed by atoms with E-state index in [1.54, 1.807) is 11.8 Å². The highest BCUT2D eigenvalue weighted by atomic mass is 32.1. The number of carbonyl (C=O) groups excluding carboxylic acids is 1. The van der Waals surface area contributed by atoms with Crippen LogP contribution in [-0.2, 0) is 4.74 Å². The van der Waals surface area contributed by atoms with Crippen LogP contribution in [0.1, 0.15) is 23.7 Å². The van der Waals surface area contributed by atoms with Crippen molar-refractivity contribution in [3.63, 3.8) is 0 Å². The minimum atomic E-state index is -0.789. The Morgan fingerprint density at radius 2 is 2.32 bits per heavy atom. The number of hydrogen-bond donors (Lipinski definition) is 1. The molecule has 1 aliphatic heterocycles. The first kappa shape index (κ1) is 18.4. The smallest absolute Gasteiger partial charge is 0.343 e. The molecule has 1 unspecified atom stereocenters. The summed E-state index contributed by atoms with van der Waals surface area (Å²) in [5.74, 6) is -1.33. The van der Waals surface area contributed by atoms with Crippen molar-refractivity contribution in [3.05, 3.63) is 39.4 Å². The van der Waals surface area contributed by atoms with Gasteiger partial charge in [-0.05, 0) is 19.4 Å². The zero-order valence-electron chi connectivity index (χ0n) is 15.0. The number of rotatable bonds is 4. The van der Waals surface area contributed by atoms with Crippen LogP contribution >= 0.6 is 11.3 Å². The first-order chi connectivity index (χ1) is 13.5. The van der Waals surface area contributed by atoms with Crippen molar-refractivity contribution in [1.82, 2.24) is 19.7 Å². The fourth-order valence-electron chi connectivity index (χ4n) is 3.19. The molecule has 0 aromatic carbocycles. The molecule has 3 aromatic heterocycles. The number of pyridine rings is 2. The van der Waals surface area contributed by atoms with Crippen molar-refractivity contribution in [2.24, 2.45) is 5.73 Å². The van der Waals surface area contributed by atoms with E-state index in [0.717, 1.165) is 12.5 Å². The molecule has 11 heteroatoms. The maximum Gasteiger partial charge on any atom is 0.343 e. The summed E-state index contributed by atoms with van der Waals surface area (Å²) in [6.45, 7) is 2.78. The average Bonchev–Trinajstić information content (AvgIpc) is 3.34. The van der Waals surface area contributed by atoms with Gasteiger partial charge in [-0.25, -0.2) is 14.2 Å². The Morgan fingerprint density at radius 3 is 2.96 bits per heavy atom. The lowest BCUT2D eigenvalue weighted by Crippen LogP contribution is -2.28. The molecule has 0 aliphatic carbocycles. The second-order valence-corrected chi connectivity index (χ2v) is 7.16. The van der Waals surface area contributed by atoms with E-state index in [1.807, 2.05) is 0 Å². The number of fused-ring (bicyclic) bond motifs is 1. The molecular formula is C17H17FN6O3S. The van der Waals surface area contributed by atoms with Crippen LogP contribution in [0.4, 0.5) is 10.2 Å². The number of aromatic nitrogens is 4. The first-order valence-electron chi connectivity index (χ1n) is 8.69. The number of ether oxygens (including phenoxy) is 1. The largest absolute Gasteiger partial charge is 0.462 e. The Labute approximate surface area is 162 Å². The molecular weight excluding hydrogens is 387 g/mol. The van der Waals surface area contributed by atoms with Crippen LogP contribution in [0.3, 0.4) is 0 Å². The van der Waals surface area contributed by atoms with E-state index < -0.39 is 17.2 Å². The van der Waals surface area contributed by atoms with Crippen LogP contribution in [0.5, 0.6) is 0 Å². The van der Waals surface area contributed by atoms with Gasteiger partial charge in [0, 0.05) is 25.3 Å². The summed E-state index contributed by atoms with van der Waals surface area (Å²) in [6.07, 6.45) is 2.04. The summed E-state index contributed by atoms with van der Waals surface area (Å²) in [5.41, 5.74) is 6.75. The van der Waals surface area contributed by atoms with Gasteiger partial charge in [-0.2, -0.15) is 0 Å². The number of anilines is 1. The molecule has 1 atom stereocenters. The van der Waals surface area contributed by atoms with Crippen LogP contribution in [0, 0.1) is 5.82 Å². The average molecular weight is 404 g/mol. The fraction of sp³-hybridized carbons (Fsp3) is 0.353. The second-order valence-electron chi connectivity index (χ2n) is 6.34. The number of nitrogens with zero attached hydrogens (tertiary/aromatic N) is 5. The highest BCUT2D eigenvalue weighted by Crippen LogP contribution is 2.26. The Hall–Kier alpha value is -2.92. The van der Waals surface area contributed by atoms with Crippen molar-refractivity contribution >= 4 is 34.2 Å². The van der Waals surface area contributed by atoms with Gasteiger partial charge in [0.25, 0.3) is 0 Å². The van der Waals surface area contributed by atoms with E-state index in [0.29, 0.717) is 18.2 Å². The van der Waals surface area contributed by atoms with E-state index in [2.05, 4.69) is 15.2 Å². The molecule has 0 amide bonds. The van der Waals surface area contributed by atoms with Crippen LogP contribution in [0.25, 0.3) is 16.2 Å². The first-order valence-corrected chi connectivity index (χ1v) is 9.57. The molecule has 1 fully saturated rings. The van der Waals surface area contributed by atoms with Gasteiger partial charge in [0.1, 0.15) is 11.1 Å². The lowest BCUT2D eigenvalue weighted by molar-refractivity contribution is 0.0524. The third-order valence-corrected chi connectivity index (χ3v) is 5.18. The summed E-state index contributed by atoms with van der Waals surface area (Å²) in [5, 5.41) is 8.13. The van der Waals surface area contributed by atoms with Gasteiger partial charge in [0.2, 0.25) is 10.6 Å². The predicted molar refractivity (Wildman–Crippen MR) is 102 cm³/mol. The molecule has 1 aliphatic rings. The molecule has 3 aromatic rings. The summed E-state index contributed by atoms with van der Waals surface area (Å²) >= 11 is 1.19. The maximum atomic E-state index is 14.8. The van der Waals surface area contributed by atoms with Gasteiger partial charge in [-0.3, -0.25) is 9.36 Å². The molecule has 146 valence electrons. The molecule has 0 spiro atoms. The number of halogens is 1. The van der Waals surface area contributed by atoms with Crippen LogP contribution in [-0.4, -0.2) is 51.5 Å². The molecule has 0 saturated carbocycles. The Kier molecular flexibility index (Phi) is 4.77. The summed E-state index contributed by atoms with van der Waals surface area (Å²) < 4.78 is 21.2. The van der Waals surface area contributed by atoms with Gasteiger partial charge >= 0.3 is 5.97 Å². The van der Waals surface area contributed by atoms with Crippen molar-refractivity contribution in [3.8, 4) is 5.13 Å². The number of esters is 1. The molecule has 0 radical (unpaired) electrons. The summed E-state index contributed by atoms with van der Waals surface area (Å²) in [4.78, 5) is 31.2. The number of carbonyl (C=O) groups is 1. The van der Waals surface area contributed by atoms with Crippen LogP contribution < -0.4 is 16.1 Å². The van der Waals surface area contributed by atoms with Gasteiger partial charge in [0.05, 0.1) is 12.0 Å². The van der Waals surface area contributed by atoms with Gasteiger partial charge in [-0.15, -0.1) is 10.2 Å². The van der Waals surface area contributed by atoms with E-state index in [-0.39, 0.29) is 35.1 Å². The maximum absolute atomic E-state index is 14.8. The van der Waals surface area contributed by atoms with Gasteiger partial charge in [0.15, 0.2) is 17.3 Å². The minimum Gasteiger partial charge on any atom is -0.462 e. The third kappa shape index (κ3) is 3.12. The molecule has 2 N–H and O–H groups in total. The second kappa shape index (κ2) is 7.24. The Morgan fingerprint density at radius 1 is 1.50 bits per heavy atom. The standard InChI is InChI=1S/C17H17FN6O3S/c1-2-27-16(26)11-7-24(17-22-20-8-28-17)14-10(13(11)25)5-12(18)15(21-14)23-4-3-9(19)6-23/h5,7-9H,2-4,6,19H2,1H3. The molecule has 28 heavy (non-hydrogen) atoms. The van der Waals surface area contributed by atoms with Crippen LogP contribution in [0.2, 0.25) is 0 Å². The van der Waals surface area contributed by atoms with Gasteiger partial charge < -0.3 is 15.4 Å². The zero-order valence-corrected chi connectivity index (χ0v) is 15.8. The van der Waals surface area contributed by atoms with Crippen molar-refractivity contribution in [2.45, 2.75) is 19.4 Å². The summed E-state index contributed by atoms with van der Waals surface area (Å²) in [6, 6.07) is 1.04. The van der Waals surface area contributed by atoms with Crippen molar-refractivity contribution in [1.29, 1.82) is 0 Å². The number of hydrogen-bond acceptors (Lipinski definition) is 9. The minimum absolute atomic E-state index is 0.0366. The molecule has 4 rings (SSSR count). The van der Waals surface area contributed by atoms with E-state index in [1.165, 1.54) is 27.6 Å². The van der Waals surface area contributed by atoms with Crippen LogP contribution in [0.15, 0.2) is 22.6 Å². The Balaban J connectivity index is 1.97. The predicted octanol–water partition coefficient (Wildman–Crippen LogP) is 1.09. The Bertz CT molecular complexity index is 1100. The monoisotopic (exact) mass is 404 g/mol. The number of nitrogens with two attached hydrogens (primary N) is 1. The van der Waals surface area contributed by atoms with E-state index >= 15 is 0 Å². The van der Waals surface area contributed by atoms with E-state index in [9.17, 15) is 14.0 Å². The quantitative estimate of drug-likeness (QED) is 0.643. The normalized spacial score (nSPS) is 16.7. The van der Waals surface area contributed by atoms with Crippen molar-refractivity contribution in [2.75, 3.05) is 24.6 Å². The molecule has 1 saturated heterocycles. The molecule has 4 heterocycles. The SMILES string of the molecule is CCOC(=O)c1cn(-c2nncs2)c2nc(N3CCC(N)C3)c(F)cc2c1=O. The third-order valence-electron chi connectivity index (χ3n) is 4.49. The molecule has 0 bridgehead atoms. The summed E-state index contributed by atoms with van der Waals surface area (Å²) in [7, 11) is 0. The van der Waals surface area contributed by atoms with Crippen molar-refractivity contribution < 1.29 is 13.9 Å².